The summed E-state index contributed by atoms with van der Waals surface area (Å²) < 4.78 is 19.5. The number of nitrogens with zero attached hydrogens (tertiary/aromatic N) is 2. The second kappa shape index (κ2) is 7.46. The van der Waals surface area contributed by atoms with E-state index in [1.807, 2.05) is 26.8 Å². The van der Waals surface area contributed by atoms with E-state index in [0.29, 0.717) is 22.4 Å². The Balaban J connectivity index is 1.85. The number of hydrogen-bond acceptors (Lipinski definition) is 4. The predicted octanol–water partition coefficient (Wildman–Crippen LogP) is 4.67. The lowest BCUT2D eigenvalue weighted by atomic mass is 9.98. The van der Waals surface area contributed by atoms with Gasteiger partial charge >= 0.3 is 6.03 Å². The summed E-state index contributed by atoms with van der Waals surface area (Å²) in [6.45, 7) is 5.76. The van der Waals surface area contributed by atoms with Gasteiger partial charge in [0.25, 0.3) is 0 Å². The fraction of sp³-hybridized carbons (Fsp3) is 0.250. The first-order chi connectivity index (χ1) is 12.9. The van der Waals surface area contributed by atoms with Crippen LogP contribution in [0.5, 0.6) is 0 Å². The number of aromatic nitrogens is 1. The lowest BCUT2D eigenvalue weighted by molar-refractivity contribution is 0.241. The molecule has 138 valence electrons. The van der Waals surface area contributed by atoms with Crippen LogP contribution < -0.4 is 10.6 Å². The molecular weight excluding hydrogens is 347 g/mol. The highest BCUT2D eigenvalue weighted by Gasteiger charge is 2.25. The molecule has 0 spiro atoms. The minimum absolute atomic E-state index is 0.0342. The maximum atomic E-state index is 13.6. The molecule has 0 unspecified atom stereocenters. The van der Waals surface area contributed by atoms with Crippen molar-refractivity contribution in [2.24, 2.45) is 5.92 Å². The van der Waals surface area contributed by atoms with Crippen molar-refractivity contribution in [3.8, 4) is 6.07 Å². The summed E-state index contributed by atoms with van der Waals surface area (Å²) in [5, 5.41) is 15.2. The van der Waals surface area contributed by atoms with Gasteiger partial charge in [0.2, 0.25) is 0 Å². The van der Waals surface area contributed by atoms with Crippen molar-refractivity contribution < 1.29 is 13.6 Å². The van der Waals surface area contributed by atoms with Crippen LogP contribution >= 0.6 is 0 Å². The van der Waals surface area contributed by atoms with Crippen LogP contribution in [0.15, 0.2) is 40.9 Å². The first-order valence-electron chi connectivity index (χ1n) is 8.51. The summed E-state index contributed by atoms with van der Waals surface area (Å²) in [6.07, 6.45) is 1.45. The molecular formula is C20H19FN4O2. The van der Waals surface area contributed by atoms with Crippen LogP contribution in [0.2, 0.25) is 0 Å². The van der Waals surface area contributed by atoms with E-state index in [2.05, 4.69) is 15.6 Å². The standard InChI is InChI=1S/C20H19FN4O2/c1-11(2)18(19-12(3)16-8-13(21)4-5-17(16)27-19)25-20(26)24-14-6-7-23-15(9-14)10-22/h4-9,11,18H,1-3H3,(H2,23,24,25,26)/t18-/m0/s1. The Bertz CT molecular complexity index is 1040. The van der Waals surface area contributed by atoms with Crippen molar-refractivity contribution in [3.05, 3.63) is 59.4 Å². The maximum absolute atomic E-state index is 13.6. The fourth-order valence-electron chi connectivity index (χ4n) is 2.92. The van der Waals surface area contributed by atoms with Gasteiger partial charge in [0.1, 0.15) is 28.9 Å². The Morgan fingerprint density at radius 2 is 2.07 bits per heavy atom. The zero-order chi connectivity index (χ0) is 19.6. The first kappa shape index (κ1) is 18.4. The Kier molecular flexibility index (Phi) is 5.08. The average Bonchev–Trinajstić information content (AvgIpc) is 2.95. The Labute approximate surface area is 156 Å². The van der Waals surface area contributed by atoms with Crippen LogP contribution in [-0.4, -0.2) is 11.0 Å². The number of nitriles is 1. The monoisotopic (exact) mass is 366 g/mol. The van der Waals surface area contributed by atoms with Gasteiger partial charge in [-0.1, -0.05) is 13.8 Å². The lowest BCUT2D eigenvalue weighted by Crippen LogP contribution is -2.35. The molecule has 0 aliphatic rings. The second-order valence-corrected chi connectivity index (χ2v) is 6.59. The van der Waals surface area contributed by atoms with Gasteiger partial charge in [-0.25, -0.2) is 14.2 Å². The van der Waals surface area contributed by atoms with Crippen LogP contribution in [0.4, 0.5) is 14.9 Å². The molecule has 6 nitrogen and oxygen atoms in total. The molecule has 0 saturated heterocycles. The van der Waals surface area contributed by atoms with Crippen molar-refractivity contribution in [1.29, 1.82) is 5.26 Å². The number of anilines is 1. The molecule has 3 aromatic rings. The number of halogens is 1. The number of rotatable bonds is 4. The third-order valence-corrected chi connectivity index (χ3v) is 4.30. The van der Waals surface area contributed by atoms with Crippen LogP contribution in [0.1, 0.15) is 36.9 Å². The number of hydrogen-bond donors (Lipinski definition) is 2. The van der Waals surface area contributed by atoms with Crippen LogP contribution in [0.3, 0.4) is 0 Å². The van der Waals surface area contributed by atoms with Gasteiger partial charge in [0.15, 0.2) is 0 Å². The number of nitrogens with one attached hydrogen (secondary N) is 2. The minimum atomic E-state index is -0.435. The third-order valence-electron chi connectivity index (χ3n) is 4.30. The normalized spacial score (nSPS) is 12.0. The summed E-state index contributed by atoms with van der Waals surface area (Å²) in [7, 11) is 0. The van der Waals surface area contributed by atoms with Gasteiger partial charge in [-0.05, 0) is 43.2 Å². The van der Waals surface area contributed by atoms with Crippen molar-refractivity contribution >= 4 is 22.7 Å². The van der Waals surface area contributed by atoms with E-state index in [4.69, 9.17) is 9.68 Å². The van der Waals surface area contributed by atoms with Crippen molar-refractivity contribution in [2.45, 2.75) is 26.8 Å². The molecule has 0 saturated carbocycles. The highest BCUT2D eigenvalue weighted by molar-refractivity contribution is 5.90. The van der Waals surface area contributed by atoms with Crippen molar-refractivity contribution in [2.75, 3.05) is 5.32 Å². The smallest absolute Gasteiger partial charge is 0.319 e. The van der Waals surface area contributed by atoms with E-state index in [-0.39, 0.29) is 17.4 Å². The van der Waals surface area contributed by atoms with Gasteiger partial charge < -0.3 is 15.1 Å². The second-order valence-electron chi connectivity index (χ2n) is 6.59. The van der Waals surface area contributed by atoms with E-state index >= 15 is 0 Å². The van der Waals surface area contributed by atoms with Crippen molar-refractivity contribution in [3.63, 3.8) is 0 Å². The first-order valence-corrected chi connectivity index (χ1v) is 8.51. The number of carbonyl (C=O) groups is 1. The fourth-order valence-corrected chi connectivity index (χ4v) is 2.92. The van der Waals surface area contributed by atoms with E-state index in [1.165, 1.54) is 24.4 Å². The molecule has 1 atom stereocenters. The summed E-state index contributed by atoms with van der Waals surface area (Å²) in [4.78, 5) is 16.3. The van der Waals surface area contributed by atoms with E-state index in [9.17, 15) is 9.18 Å². The number of carbonyl (C=O) groups excluding carboxylic acids is 1. The SMILES string of the molecule is Cc1c([C@@H](NC(=O)Nc2ccnc(C#N)c2)C(C)C)oc2ccc(F)cc12. The average molecular weight is 366 g/mol. The number of amides is 2. The molecule has 7 heteroatoms. The van der Waals surface area contributed by atoms with Gasteiger partial charge in [0, 0.05) is 22.8 Å². The van der Waals surface area contributed by atoms with Crippen LogP contribution in [0.25, 0.3) is 11.0 Å². The van der Waals surface area contributed by atoms with Gasteiger partial charge in [-0.2, -0.15) is 5.26 Å². The number of pyridine rings is 1. The Morgan fingerprint density at radius 3 is 2.78 bits per heavy atom. The molecule has 0 radical (unpaired) electrons. The maximum Gasteiger partial charge on any atom is 0.319 e. The molecule has 27 heavy (non-hydrogen) atoms. The van der Waals surface area contributed by atoms with E-state index in [0.717, 1.165) is 5.56 Å². The van der Waals surface area contributed by atoms with E-state index < -0.39 is 12.1 Å². The summed E-state index contributed by atoms with van der Waals surface area (Å²) in [6, 6.07) is 8.52. The molecule has 3 rings (SSSR count). The predicted molar refractivity (Wildman–Crippen MR) is 99.6 cm³/mol. The molecule has 0 aliphatic carbocycles. The molecule has 0 bridgehead atoms. The number of furan rings is 1. The molecule has 2 amide bonds. The topological polar surface area (TPSA) is 91.0 Å². The third kappa shape index (κ3) is 3.90. The van der Waals surface area contributed by atoms with Gasteiger partial charge in [-0.3, -0.25) is 0 Å². The quantitative estimate of drug-likeness (QED) is 0.702. The lowest BCUT2D eigenvalue weighted by Gasteiger charge is -2.21. The summed E-state index contributed by atoms with van der Waals surface area (Å²) >= 11 is 0. The number of fused-ring (bicyclic) bond motifs is 1. The molecule has 1 aromatic carbocycles. The zero-order valence-electron chi connectivity index (χ0n) is 15.2. The highest BCUT2D eigenvalue weighted by atomic mass is 19.1. The number of aryl methyl sites for hydroxylation is 1. The largest absolute Gasteiger partial charge is 0.459 e. The number of urea groups is 1. The molecule has 2 N–H and O–H groups in total. The molecule has 0 aliphatic heterocycles. The summed E-state index contributed by atoms with van der Waals surface area (Å²) in [5.41, 5.74) is 2.04. The van der Waals surface area contributed by atoms with E-state index in [1.54, 1.807) is 12.1 Å². The Morgan fingerprint density at radius 1 is 1.30 bits per heavy atom. The molecule has 2 aromatic heterocycles. The summed E-state index contributed by atoms with van der Waals surface area (Å²) in [5.74, 6) is 0.288. The van der Waals surface area contributed by atoms with Crippen LogP contribution in [-0.2, 0) is 0 Å². The highest BCUT2D eigenvalue weighted by Crippen LogP contribution is 2.33. The minimum Gasteiger partial charge on any atom is -0.459 e. The zero-order valence-corrected chi connectivity index (χ0v) is 15.2. The van der Waals surface area contributed by atoms with Crippen molar-refractivity contribution in [1.82, 2.24) is 10.3 Å². The molecule has 2 heterocycles. The van der Waals surface area contributed by atoms with Gasteiger partial charge in [0.05, 0.1) is 6.04 Å². The number of benzene rings is 1. The van der Waals surface area contributed by atoms with Gasteiger partial charge in [-0.15, -0.1) is 0 Å². The molecule has 0 fully saturated rings. The Hall–Kier alpha value is -3.40. The van der Waals surface area contributed by atoms with Crippen LogP contribution in [0, 0.1) is 30.0 Å².